The highest BCUT2D eigenvalue weighted by Gasteiger charge is 2.31. The smallest absolute Gasteiger partial charge is 0.279 e. The van der Waals surface area contributed by atoms with Gasteiger partial charge in [0.25, 0.3) is 5.91 Å². The van der Waals surface area contributed by atoms with Crippen LogP contribution >= 0.6 is 0 Å². The molecule has 0 bridgehead atoms. The summed E-state index contributed by atoms with van der Waals surface area (Å²) in [5.41, 5.74) is 1.77. The maximum atomic E-state index is 13.4. The van der Waals surface area contributed by atoms with Crippen molar-refractivity contribution in [3.8, 4) is 0 Å². The van der Waals surface area contributed by atoms with Gasteiger partial charge in [-0.05, 0) is 42.8 Å². The lowest BCUT2D eigenvalue weighted by Gasteiger charge is -2.31. The van der Waals surface area contributed by atoms with Crippen molar-refractivity contribution in [3.63, 3.8) is 0 Å². The van der Waals surface area contributed by atoms with E-state index in [1.807, 2.05) is 31.2 Å². The first-order valence-corrected chi connectivity index (χ1v) is 10.3. The van der Waals surface area contributed by atoms with E-state index in [1.54, 1.807) is 0 Å². The number of piperazine rings is 1. The Bertz CT molecular complexity index is 974. The summed E-state index contributed by atoms with van der Waals surface area (Å²) in [6, 6.07) is 10.0. The lowest BCUT2D eigenvalue weighted by molar-refractivity contribution is -0.895. The van der Waals surface area contributed by atoms with Crippen LogP contribution < -0.4 is 10.2 Å². The number of amides is 1. The number of quaternary nitrogens is 1. The number of carbonyl (C=O) groups is 1. The summed E-state index contributed by atoms with van der Waals surface area (Å²) in [6.07, 6.45) is 0. The van der Waals surface area contributed by atoms with Crippen LogP contribution in [-0.4, -0.2) is 51.4 Å². The summed E-state index contributed by atoms with van der Waals surface area (Å²) < 4.78 is 52.9. The van der Waals surface area contributed by atoms with E-state index in [9.17, 15) is 22.0 Å². The van der Waals surface area contributed by atoms with Crippen LogP contribution in [-0.2, 0) is 14.8 Å². The molecule has 2 N–H and O–H groups in total. The molecule has 1 aliphatic heterocycles. The van der Waals surface area contributed by atoms with E-state index in [0.717, 1.165) is 28.3 Å². The van der Waals surface area contributed by atoms with Crippen LogP contribution in [0.15, 0.2) is 47.4 Å². The fraction of sp³-hybridized carbons (Fsp3) is 0.316. The Morgan fingerprint density at radius 1 is 1.11 bits per heavy atom. The van der Waals surface area contributed by atoms with E-state index in [2.05, 4.69) is 5.32 Å². The normalized spacial score (nSPS) is 16.1. The SMILES string of the molecule is Cc1cccc(NC(=O)C[NH+]2CCN(S(=O)(=O)c3ccc(F)c(F)c3)CC2)c1. The number of rotatable bonds is 5. The zero-order valence-electron chi connectivity index (χ0n) is 15.4. The van der Waals surface area contributed by atoms with Gasteiger partial charge in [-0.3, -0.25) is 4.79 Å². The molecule has 0 radical (unpaired) electrons. The van der Waals surface area contributed by atoms with Gasteiger partial charge in [0.2, 0.25) is 10.0 Å². The topological polar surface area (TPSA) is 70.9 Å². The number of anilines is 1. The third-order valence-corrected chi connectivity index (χ3v) is 6.57. The molecule has 6 nitrogen and oxygen atoms in total. The van der Waals surface area contributed by atoms with Crippen molar-refractivity contribution in [2.45, 2.75) is 11.8 Å². The lowest BCUT2D eigenvalue weighted by Crippen LogP contribution is -3.15. The Labute approximate surface area is 162 Å². The van der Waals surface area contributed by atoms with E-state index in [-0.39, 0.29) is 30.4 Å². The molecule has 1 heterocycles. The number of hydrogen-bond donors (Lipinski definition) is 2. The van der Waals surface area contributed by atoms with E-state index in [0.29, 0.717) is 19.2 Å². The monoisotopic (exact) mass is 410 g/mol. The predicted molar refractivity (Wildman–Crippen MR) is 100 cm³/mol. The second kappa shape index (κ2) is 8.34. The van der Waals surface area contributed by atoms with Crippen LogP contribution in [0.1, 0.15) is 5.56 Å². The molecule has 2 aromatic rings. The minimum absolute atomic E-state index is 0.141. The Morgan fingerprint density at radius 2 is 1.82 bits per heavy atom. The number of nitrogens with zero attached hydrogens (tertiary/aromatic N) is 1. The zero-order chi connectivity index (χ0) is 20.3. The van der Waals surface area contributed by atoms with Crippen LogP contribution in [0.2, 0.25) is 0 Å². The third-order valence-electron chi connectivity index (χ3n) is 4.67. The van der Waals surface area contributed by atoms with Gasteiger partial charge < -0.3 is 10.2 Å². The molecule has 0 spiro atoms. The van der Waals surface area contributed by atoms with Gasteiger partial charge in [0.1, 0.15) is 0 Å². The molecule has 28 heavy (non-hydrogen) atoms. The van der Waals surface area contributed by atoms with Gasteiger partial charge in [-0.15, -0.1) is 0 Å². The van der Waals surface area contributed by atoms with Gasteiger partial charge in [-0.25, -0.2) is 17.2 Å². The van der Waals surface area contributed by atoms with Crippen molar-refractivity contribution in [2.24, 2.45) is 0 Å². The number of sulfonamides is 1. The summed E-state index contributed by atoms with van der Waals surface area (Å²) in [5.74, 6) is -2.43. The van der Waals surface area contributed by atoms with E-state index >= 15 is 0 Å². The molecule has 2 aromatic carbocycles. The largest absolute Gasteiger partial charge is 0.325 e. The fourth-order valence-electron chi connectivity index (χ4n) is 3.16. The molecule has 1 amide bonds. The van der Waals surface area contributed by atoms with Gasteiger partial charge in [0, 0.05) is 5.69 Å². The first-order chi connectivity index (χ1) is 13.3. The Balaban J connectivity index is 1.56. The molecule has 0 aliphatic carbocycles. The standard InChI is InChI=1S/C19H21F2N3O3S/c1-14-3-2-4-15(11-14)22-19(25)13-23-7-9-24(10-8-23)28(26,27)16-5-6-17(20)18(21)12-16/h2-6,11-12H,7-10,13H2,1H3,(H,22,25)/p+1. The molecule has 0 atom stereocenters. The number of carbonyl (C=O) groups excluding carboxylic acids is 1. The molecule has 9 heteroatoms. The van der Waals surface area contributed by atoms with E-state index < -0.39 is 21.7 Å². The molecule has 0 unspecified atom stereocenters. The molecule has 1 aliphatic rings. The highest BCUT2D eigenvalue weighted by Crippen LogP contribution is 2.18. The fourth-order valence-corrected chi connectivity index (χ4v) is 4.61. The first kappa shape index (κ1) is 20.4. The van der Waals surface area contributed by atoms with Crippen molar-refractivity contribution < 1.29 is 26.9 Å². The summed E-state index contributed by atoms with van der Waals surface area (Å²) in [5, 5.41) is 2.84. The number of nitrogens with one attached hydrogen (secondary N) is 2. The number of benzene rings is 2. The Hall–Kier alpha value is -2.36. The molecular weight excluding hydrogens is 388 g/mol. The van der Waals surface area contributed by atoms with Gasteiger partial charge in [-0.1, -0.05) is 12.1 Å². The van der Waals surface area contributed by atoms with Crippen molar-refractivity contribution in [2.75, 3.05) is 38.0 Å². The highest BCUT2D eigenvalue weighted by molar-refractivity contribution is 7.89. The van der Waals surface area contributed by atoms with Gasteiger partial charge in [0.05, 0.1) is 31.1 Å². The van der Waals surface area contributed by atoms with Gasteiger partial charge >= 0.3 is 0 Å². The van der Waals surface area contributed by atoms with Crippen molar-refractivity contribution in [1.29, 1.82) is 0 Å². The summed E-state index contributed by atoms with van der Waals surface area (Å²) >= 11 is 0. The minimum Gasteiger partial charge on any atom is -0.325 e. The quantitative estimate of drug-likeness (QED) is 0.766. The average Bonchev–Trinajstić information content (AvgIpc) is 2.64. The summed E-state index contributed by atoms with van der Waals surface area (Å²) in [7, 11) is -3.89. The number of aryl methyl sites for hydroxylation is 1. The van der Waals surface area contributed by atoms with Gasteiger partial charge in [-0.2, -0.15) is 4.31 Å². The molecule has 3 rings (SSSR count). The van der Waals surface area contributed by atoms with Crippen LogP contribution in [0.4, 0.5) is 14.5 Å². The van der Waals surface area contributed by atoms with Crippen LogP contribution in [0.3, 0.4) is 0 Å². The molecule has 0 aromatic heterocycles. The summed E-state index contributed by atoms with van der Waals surface area (Å²) in [4.78, 5) is 12.9. The second-order valence-electron chi connectivity index (χ2n) is 6.82. The molecule has 0 saturated carbocycles. The van der Waals surface area contributed by atoms with Gasteiger partial charge in [0.15, 0.2) is 18.2 Å². The third kappa shape index (κ3) is 4.73. The number of hydrogen-bond acceptors (Lipinski definition) is 3. The highest BCUT2D eigenvalue weighted by atomic mass is 32.2. The zero-order valence-corrected chi connectivity index (χ0v) is 16.2. The molecular formula is C19H22F2N3O3S+. The summed E-state index contributed by atoms with van der Waals surface area (Å²) in [6.45, 7) is 3.47. The van der Waals surface area contributed by atoms with Crippen LogP contribution in [0, 0.1) is 18.6 Å². The molecule has 150 valence electrons. The lowest BCUT2D eigenvalue weighted by atomic mass is 10.2. The van der Waals surface area contributed by atoms with Crippen molar-refractivity contribution >= 4 is 21.6 Å². The molecule has 1 saturated heterocycles. The predicted octanol–water partition coefficient (Wildman–Crippen LogP) is 0.801. The minimum atomic E-state index is -3.89. The van der Waals surface area contributed by atoms with Crippen molar-refractivity contribution in [1.82, 2.24) is 4.31 Å². The van der Waals surface area contributed by atoms with E-state index in [4.69, 9.17) is 0 Å². The first-order valence-electron chi connectivity index (χ1n) is 8.91. The number of halogens is 2. The van der Waals surface area contributed by atoms with Crippen molar-refractivity contribution in [3.05, 3.63) is 59.7 Å². The van der Waals surface area contributed by atoms with E-state index in [1.165, 1.54) is 4.31 Å². The van der Waals surface area contributed by atoms with Crippen LogP contribution in [0.5, 0.6) is 0 Å². The second-order valence-corrected chi connectivity index (χ2v) is 8.76. The Morgan fingerprint density at radius 3 is 2.46 bits per heavy atom. The molecule has 1 fully saturated rings. The van der Waals surface area contributed by atoms with Crippen LogP contribution in [0.25, 0.3) is 0 Å². The maximum absolute atomic E-state index is 13.4. The average molecular weight is 410 g/mol. The Kier molecular flexibility index (Phi) is 6.07. The maximum Gasteiger partial charge on any atom is 0.279 e.